The van der Waals surface area contributed by atoms with Crippen LogP contribution in [-0.4, -0.2) is 50.9 Å². The number of benzene rings is 2. The summed E-state index contributed by atoms with van der Waals surface area (Å²) in [5.74, 6) is -2.04. The first-order chi connectivity index (χ1) is 18.2. The molecule has 0 radical (unpaired) electrons. The quantitative estimate of drug-likeness (QED) is 0.302. The molecule has 1 aliphatic carbocycles. The van der Waals surface area contributed by atoms with Crippen molar-refractivity contribution in [3.05, 3.63) is 66.8 Å². The van der Waals surface area contributed by atoms with Gasteiger partial charge in [0.1, 0.15) is 29.0 Å². The van der Waals surface area contributed by atoms with Crippen molar-refractivity contribution in [2.24, 2.45) is 0 Å². The molecule has 0 atom stereocenters. The number of alkyl halides is 1. The molecule has 4 aromatic rings. The van der Waals surface area contributed by atoms with Gasteiger partial charge >= 0.3 is 0 Å². The maximum absolute atomic E-state index is 14.0. The number of ether oxygens (including phenoxy) is 1. The van der Waals surface area contributed by atoms with Crippen molar-refractivity contribution in [1.82, 2.24) is 25.1 Å². The van der Waals surface area contributed by atoms with Crippen molar-refractivity contribution in [2.75, 3.05) is 24.7 Å². The summed E-state index contributed by atoms with van der Waals surface area (Å²) in [7, 11) is 1.43. The van der Waals surface area contributed by atoms with Gasteiger partial charge in [-0.05, 0) is 42.7 Å². The number of halogens is 2. The van der Waals surface area contributed by atoms with E-state index in [2.05, 4.69) is 32.4 Å². The summed E-state index contributed by atoms with van der Waals surface area (Å²) >= 11 is 0. The first-order valence-electron chi connectivity index (χ1n) is 11.6. The minimum atomic E-state index is -1.33. The SMILES string of the molecule is C=C(F)C(=O)Nc1ccc(-c2nn3ncnc(N)c3c2-c2ccc(C(=O)NCC3(F)CC3)c(OC)c2)cc1. The molecule has 12 heteroatoms. The molecule has 0 bridgehead atoms. The summed E-state index contributed by atoms with van der Waals surface area (Å²) < 4.78 is 33.9. The number of rotatable bonds is 8. The lowest BCUT2D eigenvalue weighted by Crippen LogP contribution is -2.31. The topological polar surface area (TPSA) is 137 Å². The molecule has 0 aliphatic heterocycles. The molecule has 1 fully saturated rings. The zero-order valence-electron chi connectivity index (χ0n) is 20.3. The molecule has 2 aromatic carbocycles. The van der Waals surface area contributed by atoms with Crippen molar-refractivity contribution in [3.63, 3.8) is 0 Å². The van der Waals surface area contributed by atoms with Crippen molar-refractivity contribution >= 4 is 28.8 Å². The molecule has 1 saturated carbocycles. The minimum Gasteiger partial charge on any atom is -0.496 e. The van der Waals surface area contributed by atoms with Crippen LogP contribution in [-0.2, 0) is 4.79 Å². The molecule has 2 amide bonds. The van der Waals surface area contributed by atoms with Crippen LogP contribution < -0.4 is 21.1 Å². The number of aromatic nitrogens is 4. The fraction of sp³-hybridized carbons (Fsp3) is 0.192. The van der Waals surface area contributed by atoms with E-state index < -0.39 is 23.3 Å². The third kappa shape index (κ3) is 4.75. The Labute approximate surface area is 215 Å². The second kappa shape index (κ2) is 9.54. The normalized spacial score (nSPS) is 13.7. The molecule has 2 heterocycles. The number of amides is 2. The molecule has 4 N–H and O–H groups in total. The van der Waals surface area contributed by atoms with Crippen LogP contribution in [0.1, 0.15) is 23.2 Å². The summed E-state index contributed by atoms with van der Waals surface area (Å²) in [4.78, 5) is 28.4. The number of nitrogen functional groups attached to an aromatic ring is 1. The van der Waals surface area contributed by atoms with Crippen molar-refractivity contribution in [2.45, 2.75) is 18.5 Å². The number of nitrogens with zero attached hydrogens (tertiary/aromatic N) is 4. The molecule has 5 rings (SSSR count). The minimum absolute atomic E-state index is 0.0568. The van der Waals surface area contributed by atoms with Gasteiger partial charge in [-0.3, -0.25) is 9.59 Å². The van der Waals surface area contributed by atoms with E-state index in [1.54, 1.807) is 42.5 Å². The second-order valence-corrected chi connectivity index (χ2v) is 8.89. The first kappa shape index (κ1) is 24.8. The Morgan fingerprint density at radius 1 is 1.18 bits per heavy atom. The third-order valence-electron chi connectivity index (χ3n) is 6.22. The lowest BCUT2D eigenvalue weighted by molar-refractivity contribution is -0.114. The molecule has 2 aromatic heterocycles. The number of hydrogen-bond acceptors (Lipinski definition) is 7. The fourth-order valence-electron chi connectivity index (χ4n) is 3.99. The van der Waals surface area contributed by atoms with E-state index in [1.807, 2.05) is 0 Å². The summed E-state index contributed by atoms with van der Waals surface area (Å²) in [6.45, 7) is 2.92. The number of carbonyl (C=O) groups excluding carboxylic acids is 2. The maximum atomic E-state index is 14.0. The van der Waals surface area contributed by atoms with Gasteiger partial charge in [0, 0.05) is 16.8 Å². The lowest BCUT2D eigenvalue weighted by atomic mass is 9.98. The maximum Gasteiger partial charge on any atom is 0.283 e. The van der Waals surface area contributed by atoms with E-state index in [4.69, 9.17) is 10.5 Å². The van der Waals surface area contributed by atoms with Gasteiger partial charge in [0.25, 0.3) is 11.8 Å². The van der Waals surface area contributed by atoms with E-state index in [9.17, 15) is 18.4 Å². The van der Waals surface area contributed by atoms with Crippen molar-refractivity contribution in [3.8, 4) is 28.1 Å². The van der Waals surface area contributed by atoms with Crippen molar-refractivity contribution in [1.29, 1.82) is 0 Å². The molecule has 10 nitrogen and oxygen atoms in total. The van der Waals surface area contributed by atoms with E-state index in [1.165, 1.54) is 18.1 Å². The van der Waals surface area contributed by atoms with E-state index in [0.717, 1.165) is 0 Å². The van der Waals surface area contributed by atoms with Crippen LogP contribution in [0.25, 0.3) is 27.9 Å². The zero-order chi connectivity index (χ0) is 27.0. The Kier molecular flexibility index (Phi) is 6.23. The number of nitrogens with one attached hydrogen (secondary N) is 2. The Bertz CT molecular complexity index is 1580. The molecular formula is C26H23F2N7O3. The third-order valence-corrected chi connectivity index (χ3v) is 6.22. The van der Waals surface area contributed by atoms with Gasteiger partial charge in [-0.25, -0.2) is 13.8 Å². The highest BCUT2D eigenvalue weighted by molar-refractivity contribution is 6.02. The van der Waals surface area contributed by atoms with Gasteiger partial charge < -0.3 is 21.1 Å². The fourth-order valence-corrected chi connectivity index (χ4v) is 3.99. The van der Waals surface area contributed by atoms with E-state index in [0.29, 0.717) is 46.4 Å². The van der Waals surface area contributed by atoms with Gasteiger partial charge in [-0.1, -0.05) is 24.8 Å². The molecule has 0 spiro atoms. The number of anilines is 2. The zero-order valence-corrected chi connectivity index (χ0v) is 20.3. The van der Waals surface area contributed by atoms with Crippen LogP contribution in [0.5, 0.6) is 5.75 Å². The van der Waals surface area contributed by atoms with Crippen LogP contribution in [0.3, 0.4) is 0 Å². The highest BCUT2D eigenvalue weighted by atomic mass is 19.1. The highest BCUT2D eigenvalue weighted by Crippen LogP contribution is 2.40. The number of methoxy groups -OCH3 is 1. The number of fused-ring (bicyclic) bond motifs is 1. The molecule has 0 unspecified atom stereocenters. The number of carbonyl (C=O) groups is 2. The van der Waals surface area contributed by atoms with E-state index >= 15 is 0 Å². The monoisotopic (exact) mass is 519 g/mol. The van der Waals surface area contributed by atoms with Gasteiger partial charge in [0.05, 0.1) is 19.2 Å². The molecular weight excluding hydrogens is 496 g/mol. The Morgan fingerprint density at radius 3 is 2.55 bits per heavy atom. The second-order valence-electron chi connectivity index (χ2n) is 8.89. The number of hydrogen-bond donors (Lipinski definition) is 3. The first-order valence-corrected chi connectivity index (χ1v) is 11.6. The van der Waals surface area contributed by atoms with Crippen LogP contribution >= 0.6 is 0 Å². The largest absolute Gasteiger partial charge is 0.496 e. The average molecular weight is 520 g/mol. The lowest BCUT2D eigenvalue weighted by Gasteiger charge is -2.13. The Balaban J connectivity index is 1.55. The van der Waals surface area contributed by atoms with Gasteiger partial charge in [0.15, 0.2) is 11.6 Å². The summed E-state index contributed by atoms with van der Waals surface area (Å²) in [5, 5.41) is 13.8. The smallest absolute Gasteiger partial charge is 0.283 e. The van der Waals surface area contributed by atoms with Crippen LogP contribution in [0.4, 0.5) is 20.3 Å². The predicted molar refractivity (Wildman–Crippen MR) is 137 cm³/mol. The molecule has 194 valence electrons. The van der Waals surface area contributed by atoms with Crippen LogP contribution in [0.15, 0.2) is 61.2 Å². The van der Waals surface area contributed by atoms with Crippen LogP contribution in [0.2, 0.25) is 0 Å². The predicted octanol–water partition coefficient (Wildman–Crippen LogP) is 3.70. The molecule has 38 heavy (non-hydrogen) atoms. The summed E-state index contributed by atoms with van der Waals surface area (Å²) in [6.07, 6.45) is 2.14. The Hall–Kier alpha value is -4.87. The summed E-state index contributed by atoms with van der Waals surface area (Å²) in [6, 6.07) is 11.5. The summed E-state index contributed by atoms with van der Waals surface area (Å²) in [5.41, 5.74) is 8.21. The number of nitrogens with two attached hydrogens (primary N) is 1. The highest BCUT2D eigenvalue weighted by Gasteiger charge is 2.43. The van der Waals surface area contributed by atoms with Gasteiger partial charge in [0.2, 0.25) is 0 Å². The van der Waals surface area contributed by atoms with Crippen molar-refractivity contribution < 1.29 is 23.1 Å². The van der Waals surface area contributed by atoms with E-state index in [-0.39, 0.29) is 23.7 Å². The standard InChI is InChI=1S/C26H23F2N7O3/c1-14(27)24(36)33-17-6-3-15(4-7-17)21-20(22-23(29)31-13-32-35(22)34-21)16-5-8-18(19(11-16)38-2)25(37)30-12-26(28)9-10-26/h3-8,11,13H,1,9-10,12H2,2H3,(H,30,37)(H,33,36)(H2,29,31,32). The van der Waals surface area contributed by atoms with Crippen LogP contribution in [0, 0.1) is 0 Å². The molecule has 1 aliphatic rings. The molecule has 0 saturated heterocycles. The van der Waals surface area contributed by atoms with Gasteiger partial charge in [-0.15, -0.1) is 14.8 Å². The average Bonchev–Trinajstić information content (AvgIpc) is 3.52. The Morgan fingerprint density at radius 2 is 1.89 bits per heavy atom. The van der Waals surface area contributed by atoms with Gasteiger partial charge in [-0.2, -0.15) is 0 Å².